The van der Waals surface area contributed by atoms with Gasteiger partial charge in [0.25, 0.3) is 0 Å². The quantitative estimate of drug-likeness (QED) is 0.651. The molecule has 1 aromatic carbocycles. The first kappa shape index (κ1) is 16.4. The Balaban J connectivity index is 2.16. The van der Waals surface area contributed by atoms with Crippen molar-refractivity contribution in [3.63, 3.8) is 0 Å². The average Bonchev–Trinajstić information content (AvgIpc) is 2.47. The molecule has 0 aromatic heterocycles. The molecule has 8 heteroatoms. The number of nitro benzene ring substituents is 1. The monoisotopic (exact) mass is 313 g/mol. The number of hydrogen-bond donors (Lipinski definition) is 1. The highest BCUT2D eigenvalue weighted by Gasteiger charge is 2.26. The van der Waals surface area contributed by atoms with Gasteiger partial charge in [0.05, 0.1) is 23.8 Å². The van der Waals surface area contributed by atoms with Crippen LogP contribution in [0, 0.1) is 15.9 Å². The molecular formula is C14H20FN3O4. The van der Waals surface area contributed by atoms with E-state index in [1.807, 2.05) is 4.90 Å². The Morgan fingerprint density at radius 2 is 2.05 bits per heavy atom. The number of halogens is 1. The van der Waals surface area contributed by atoms with E-state index in [9.17, 15) is 19.6 Å². The summed E-state index contributed by atoms with van der Waals surface area (Å²) in [5.74, 6) is -1.05. The zero-order valence-electron chi connectivity index (χ0n) is 12.7. The van der Waals surface area contributed by atoms with E-state index in [0.29, 0.717) is 38.4 Å². The Morgan fingerprint density at radius 3 is 2.55 bits per heavy atom. The van der Waals surface area contributed by atoms with Crippen LogP contribution >= 0.6 is 0 Å². The van der Waals surface area contributed by atoms with Gasteiger partial charge in [0, 0.05) is 38.8 Å². The number of hydrogen-bond acceptors (Lipinski definition) is 6. The highest BCUT2D eigenvalue weighted by molar-refractivity contribution is 5.61. The Labute approximate surface area is 128 Å². The fraction of sp³-hybridized carbons (Fsp3) is 0.571. The van der Waals surface area contributed by atoms with Crippen LogP contribution in [0.2, 0.25) is 0 Å². The van der Waals surface area contributed by atoms with Crippen LogP contribution in [0.4, 0.5) is 15.8 Å². The molecule has 0 saturated carbocycles. The van der Waals surface area contributed by atoms with E-state index in [0.717, 1.165) is 0 Å². The van der Waals surface area contributed by atoms with Gasteiger partial charge >= 0.3 is 5.69 Å². The van der Waals surface area contributed by atoms with Gasteiger partial charge in [-0.1, -0.05) is 0 Å². The molecule has 1 N–H and O–H groups in total. The average molecular weight is 313 g/mol. The number of nitrogens with zero attached hydrogens (tertiary/aromatic N) is 3. The smallest absolute Gasteiger partial charge is 0.314 e. The lowest BCUT2D eigenvalue weighted by Gasteiger charge is -2.36. The predicted octanol–water partition coefficient (Wildman–Crippen LogP) is 1.25. The highest BCUT2D eigenvalue weighted by Crippen LogP contribution is 2.36. The van der Waals surface area contributed by atoms with Crippen LogP contribution in [0.15, 0.2) is 12.1 Å². The molecule has 1 aliphatic heterocycles. The van der Waals surface area contributed by atoms with Crippen LogP contribution in [0.1, 0.15) is 6.92 Å². The summed E-state index contributed by atoms with van der Waals surface area (Å²) in [7, 11) is 1.22. The second kappa shape index (κ2) is 6.89. The molecular weight excluding hydrogens is 293 g/mol. The van der Waals surface area contributed by atoms with Gasteiger partial charge in [0.2, 0.25) is 5.75 Å². The van der Waals surface area contributed by atoms with Crippen molar-refractivity contribution in [3.05, 3.63) is 28.1 Å². The van der Waals surface area contributed by atoms with Gasteiger partial charge in [-0.25, -0.2) is 4.39 Å². The minimum absolute atomic E-state index is 0.305. The molecule has 1 saturated heterocycles. The minimum Gasteiger partial charge on any atom is -0.488 e. The lowest BCUT2D eigenvalue weighted by Crippen LogP contribution is -2.48. The topological polar surface area (TPSA) is 79.1 Å². The number of rotatable bonds is 5. The summed E-state index contributed by atoms with van der Waals surface area (Å²) in [5.41, 5.74) is -0.0735. The molecule has 122 valence electrons. The second-order valence-corrected chi connectivity index (χ2v) is 5.34. The summed E-state index contributed by atoms with van der Waals surface area (Å²) in [4.78, 5) is 14.2. The minimum atomic E-state index is -0.708. The lowest BCUT2D eigenvalue weighted by molar-refractivity contribution is -0.386. The third kappa shape index (κ3) is 3.45. The molecule has 0 bridgehead atoms. The fourth-order valence-electron chi connectivity index (χ4n) is 2.66. The summed E-state index contributed by atoms with van der Waals surface area (Å²) in [5, 5.41) is 20.3. The normalized spacial score (nSPS) is 17.4. The van der Waals surface area contributed by atoms with Gasteiger partial charge in [-0.05, 0) is 13.0 Å². The first-order chi connectivity index (χ1) is 10.4. The number of nitro groups is 1. The third-order valence-electron chi connectivity index (χ3n) is 3.69. The summed E-state index contributed by atoms with van der Waals surface area (Å²) in [6.07, 6.45) is -0.400. The Morgan fingerprint density at radius 1 is 1.41 bits per heavy atom. The number of aliphatic hydroxyl groups excluding tert-OH is 1. The van der Waals surface area contributed by atoms with Gasteiger partial charge in [0.15, 0.2) is 5.82 Å². The van der Waals surface area contributed by atoms with Crippen molar-refractivity contribution in [3.8, 4) is 5.75 Å². The number of methoxy groups -OCH3 is 1. The third-order valence-corrected chi connectivity index (χ3v) is 3.69. The van der Waals surface area contributed by atoms with E-state index >= 15 is 0 Å². The molecule has 1 fully saturated rings. The van der Waals surface area contributed by atoms with E-state index in [1.165, 1.54) is 19.2 Å². The summed E-state index contributed by atoms with van der Waals surface area (Å²) in [6.45, 7) is 4.88. The molecule has 2 rings (SSSR count). The van der Waals surface area contributed by atoms with Gasteiger partial charge in [-0.15, -0.1) is 0 Å². The van der Waals surface area contributed by atoms with E-state index in [-0.39, 0.29) is 11.4 Å². The maximum Gasteiger partial charge on any atom is 0.314 e. The first-order valence-electron chi connectivity index (χ1n) is 7.10. The van der Waals surface area contributed by atoms with Crippen molar-refractivity contribution in [1.29, 1.82) is 0 Å². The molecule has 0 radical (unpaired) electrons. The van der Waals surface area contributed by atoms with Gasteiger partial charge in [0.1, 0.15) is 0 Å². The molecule has 1 aliphatic rings. The molecule has 0 unspecified atom stereocenters. The van der Waals surface area contributed by atoms with Crippen molar-refractivity contribution in [2.24, 2.45) is 0 Å². The lowest BCUT2D eigenvalue weighted by atomic mass is 10.2. The Kier molecular flexibility index (Phi) is 5.15. The SMILES string of the molecule is COc1c([N+](=O)[O-])ccc(N2CCN(C[C@H](C)O)CC2)c1F. The summed E-state index contributed by atoms with van der Waals surface area (Å²) in [6, 6.07) is 2.68. The van der Waals surface area contributed by atoms with Crippen LogP contribution in [-0.2, 0) is 0 Å². The zero-order valence-corrected chi connectivity index (χ0v) is 12.7. The fourth-order valence-corrected chi connectivity index (χ4v) is 2.66. The standard InChI is InChI=1S/C14H20FN3O4/c1-10(19)9-16-5-7-17(8-6-16)11-3-4-12(18(20)21)14(22-2)13(11)15/h3-4,10,19H,5-9H2,1-2H3/t10-/m0/s1. The summed E-state index contributed by atoms with van der Waals surface area (Å²) >= 11 is 0. The largest absolute Gasteiger partial charge is 0.488 e. The highest BCUT2D eigenvalue weighted by atomic mass is 19.1. The van der Waals surface area contributed by atoms with Crippen molar-refractivity contribution in [1.82, 2.24) is 4.90 Å². The summed E-state index contributed by atoms with van der Waals surface area (Å²) < 4.78 is 19.3. The van der Waals surface area contributed by atoms with E-state index < -0.39 is 16.8 Å². The molecule has 0 spiro atoms. The molecule has 1 aromatic rings. The van der Waals surface area contributed by atoms with Crippen LogP contribution in [-0.4, -0.2) is 60.9 Å². The van der Waals surface area contributed by atoms with Crippen molar-refractivity contribution in [2.45, 2.75) is 13.0 Å². The maximum absolute atomic E-state index is 14.5. The van der Waals surface area contributed by atoms with Crippen molar-refractivity contribution in [2.75, 3.05) is 44.7 Å². The number of aliphatic hydroxyl groups is 1. The van der Waals surface area contributed by atoms with Crippen molar-refractivity contribution >= 4 is 11.4 Å². The maximum atomic E-state index is 14.5. The molecule has 22 heavy (non-hydrogen) atoms. The van der Waals surface area contributed by atoms with Crippen LogP contribution in [0.25, 0.3) is 0 Å². The van der Waals surface area contributed by atoms with E-state index in [4.69, 9.17) is 4.74 Å². The van der Waals surface area contributed by atoms with Gasteiger partial charge < -0.3 is 14.7 Å². The Hall–Kier alpha value is -1.93. The first-order valence-corrected chi connectivity index (χ1v) is 7.10. The number of anilines is 1. The Bertz CT molecular complexity index is 545. The van der Waals surface area contributed by atoms with Crippen LogP contribution < -0.4 is 9.64 Å². The molecule has 0 amide bonds. The molecule has 0 aliphatic carbocycles. The molecule has 7 nitrogen and oxygen atoms in total. The number of piperazine rings is 1. The van der Waals surface area contributed by atoms with E-state index in [2.05, 4.69) is 4.90 Å². The van der Waals surface area contributed by atoms with E-state index in [1.54, 1.807) is 6.92 Å². The van der Waals surface area contributed by atoms with Gasteiger partial charge in [-0.3, -0.25) is 15.0 Å². The van der Waals surface area contributed by atoms with Crippen molar-refractivity contribution < 1.29 is 19.2 Å². The van der Waals surface area contributed by atoms with Gasteiger partial charge in [-0.2, -0.15) is 0 Å². The zero-order chi connectivity index (χ0) is 16.3. The molecule has 1 heterocycles. The molecule has 1 atom stereocenters. The second-order valence-electron chi connectivity index (χ2n) is 5.34. The predicted molar refractivity (Wildman–Crippen MR) is 79.9 cm³/mol. The number of benzene rings is 1. The number of ether oxygens (including phenoxy) is 1. The van der Waals surface area contributed by atoms with Crippen LogP contribution in [0.5, 0.6) is 5.75 Å². The number of β-amino-alcohol motifs (C(OH)–C–C–N with tert-alkyl or cyclic N) is 1. The van der Waals surface area contributed by atoms with Crippen LogP contribution in [0.3, 0.4) is 0 Å².